The molecule has 1 atom stereocenters. The minimum Gasteiger partial charge on any atom is -0.378 e. The molecule has 0 unspecified atom stereocenters. The lowest BCUT2D eigenvalue weighted by molar-refractivity contribution is -0.121. The highest BCUT2D eigenvalue weighted by Crippen LogP contribution is 2.24. The lowest BCUT2D eigenvalue weighted by Gasteiger charge is -2.14. The Bertz CT molecular complexity index is 577. The van der Waals surface area contributed by atoms with E-state index in [9.17, 15) is 9.90 Å². The van der Waals surface area contributed by atoms with E-state index < -0.39 is 5.60 Å². The second-order valence-electron chi connectivity index (χ2n) is 6.34. The lowest BCUT2D eigenvalue weighted by Crippen LogP contribution is -2.24. The van der Waals surface area contributed by atoms with Crippen LogP contribution in [0.3, 0.4) is 0 Å². The van der Waals surface area contributed by atoms with Gasteiger partial charge in [-0.2, -0.15) is 0 Å². The molecule has 2 rings (SSSR count). The Labute approximate surface area is 136 Å². The third-order valence-corrected chi connectivity index (χ3v) is 4.64. The Morgan fingerprint density at radius 3 is 3.00 bits per heavy atom. The monoisotopic (exact) mass is 320 g/mol. The van der Waals surface area contributed by atoms with Gasteiger partial charge in [0.1, 0.15) is 5.60 Å². The molecular weight excluding hydrogens is 296 g/mol. The van der Waals surface area contributed by atoms with Crippen LogP contribution >= 0.6 is 11.3 Å². The largest absolute Gasteiger partial charge is 0.378 e. The predicted molar refractivity (Wildman–Crippen MR) is 89.6 cm³/mol. The van der Waals surface area contributed by atoms with Crippen LogP contribution in [0.15, 0.2) is 12.1 Å². The van der Waals surface area contributed by atoms with E-state index in [2.05, 4.69) is 28.1 Å². The van der Waals surface area contributed by atoms with Crippen molar-refractivity contribution in [2.24, 2.45) is 5.92 Å². The molecule has 22 heavy (non-hydrogen) atoms. The molecule has 0 spiro atoms. The minimum atomic E-state index is -0.952. The van der Waals surface area contributed by atoms with Gasteiger partial charge in [0.25, 0.3) is 0 Å². The Morgan fingerprint density at radius 1 is 1.55 bits per heavy atom. The molecule has 2 N–H and O–H groups in total. The molecular formula is C17H24N2O2S. The summed E-state index contributed by atoms with van der Waals surface area (Å²) in [5, 5.41) is 12.3. The zero-order chi connectivity index (χ0) is 16.2. The van der Waals surface area contributed by atoms with Crippen LogP contribution in [-0.2, 0) is 11.3 Å². The molecule has 0 aliphatic carbocycles. The molecule has 1 aromatic rings. The highest BCUT2D eigenvalue weighted by Gasteiger charge is 2.24. The normalized spacial score (nSPS) is 18.8. The van der Waals surface area contributed by atoms with E-state index in [1.54, 1.807) is 32.2 Å². The lowest BCUT2D eigenvalue weighted by atomic mass is 10.1. The second kappa shape index (κ2) is 7.28. The molecule has 5 heteroatoms. The fourth-order valence-corrected chi connectivity index (χ4v) is 3.46. The predicted octanol–water partition coefficient (Wildman–Crippen LogP) is 1.83. The van der Waals surface area contributed by atoms with E-state index in [0.29, 0.717) is 12.3 Å². The zero-order valence-electron chi connectivity index (χ0n) is 13.5. The molecule has 0 bridgehead atoms. The van der Waals surface area contributed by atoms with Crippen molar-refractivity contribution in [1.82, 2.24) is 10.2 Å². The number of nitrogens with one attached hydrogen (secondary N) is 1. The summed E-state index contributed by atoms with van der Waals surface area (Å²) >= 11 is 1.67. The van der Waals surface area contributed by atoms with Crippen LogP contribution in [-0.4, -0.2) is 41.7 Å². The highest BCUT2D eigenvalue weighted by atomic mass is 32.1. The number of nitrogens with zero attached hydrogens (tertiary/aromatic N) is 1. The maximum atomic E-state index is 11.4. The fourth-order valence-electron chi connectivity index (χ4n) is 2.55. The average Bonchev–Trinajstić information content (AvgIpc) is 3.06. The van der Waals surface area contributed by atoms with Crippen molar-refractivity contribution in [3.8, 4) is 11.8 Å². The van der Waals surface area contributed by atoms with E-state index in [1.165, 1.54) is 4.88 Å². The number of amides is 1. The summed E-state index contributed by atoms with van der Waals surface area (Å²) in [6, 6.07) is 4.11. The molecule has 0 radical (unpaired) electrons. The second-order valence-corrected chi connectivity index (χ2v) is 7.51. The summed E-state index contributed by atoms with van der Waals surface area (Å²) in [5.74, 6) is 6.46. The van der Waals surface area contributed by atoms with Gasteiger partial charge in [-0.05, 0) is 44.9 Å². The highest BCUT2D eigenvalue weighted by molar-refractivity contribution is 7.12. The molecule has 2 heterocycles. The van der Waals surface area contributed by atoms with Crippen molar-refractivity contribution in [2.75, 3.05) is 20.1 Å². The van der Waals surface area contributed by atoms with Crippen LogP contribution in [0, 0.1) is 17.8 Å². The number of carbonyl (C=O) groups excluding carboxylic acids is 1. The first-order chi connectivity index (χ1) is 10.4. The smallest absolute Gasteiger partial charge is 0.220 e. The van der Waals surface area contributed by atoms with Crippen molar-refractivity contribution in [2.45, 2.75) is 38.8 Å². The Balaban J connectivity index is 1.86. The number of thiophene rings is 1. The van der Waals surface area contributed by atoms with Gasteiger partial charge in [0.15, 0.2) is 0 Å². The van der Waals surface area contributed by atoms with Gasteiger partial charge in [0.2, 0.25) is 5.91 Å². The Kier molecular flexibility index (Phi) is 5.63. The first-order valence-corrected chi connectivity index (χ1v) is 8.44. The third-order valence-electron chi connectivity index (χ3n) is 3.66. The molecule has 1 aromatic heterocycles. The molecule has 0 aromatic carbocycles. The Morgan fingerprint density at radius 2 is 2.32 bits per heavy atom. The summed E-state index contributed by atoms with van der Waals surface area (Å²) in [6.07, 6.45) is 1.71. The van der Waals surface area contributed by atoms with Gasteiger partial charge in [0.05, 0.1) is 4.88 Å². The van der Waals surface area contributed by atoms with E-state index in [1.807, 2.05) is 6.07 Å². The molecule has 1 fully saturated rings. The van der Waals surface area contributed by atoms with E-state index in [-0.39, 0.29) is 5.91 Å². The number of rotatable bonds is 4. The SMILES string of the molecule is CNC(=O)C[C@H]1CCN(Cc2ccc(C#CC(C)(C)O)s2)C1. The van der Waals surface area contributed by atoms with Crippen molar-refractivity contribution in [3.05, 3.63) is 21.9 Å². The van der Waals surface area contributed by atoms with Gasteiger partial charge in [-0.15, -0.1) is 11.3 Å². The van der Waals surface area contributed by atoms with Crippen molar-refractivity contribution in [3.63, 3.8) is 0 Å². The first kappa shape index (κ1) is 17.0. The molecule has 0 saturated carbocycles. The fraction of sp³-hybridized carbons (Fsp3) is 0.588. The zero-order valence-corrected chi connectivity index (χ0v) is 14.3. The first-order valence-electron chi connectivity index (χ1n) is 7.63. The molecule has 1 amide bonds. The van der Waals surface area contributed by atoms with Crippen LogP contribution in [0.1, 0.15) is 36.4 Å². The van der Waals surface area contributed by atoms with Crippen LogP contribution in [0.4, 0.5) is 0 Å². The van der Waals surface area contributed by atoms with E-state index in [0.717, 1.165) is 30.9 Å². The van der Waals surface area contributed by atoms with Gasteiger partial charge < -0.3 is 10.4 Å². The van der Waals surface area contributed by atoms with Crippen LogP contribution in [0.25, 0.3) is 0 Å². The summed E-state index contributed by atoms with van der Waals surface area (Å²) < 4.78 is 0. The van der Waals surface area contributed by atoms with E-state index in [4.69, 9.17) is 0 Å². The summed E-state index contributed by atoms with van der Waals surface area (Å²) in [6.45, 7) is 6.32. The maximum absolute atomic E-state index is 11.4. The number of aliphatic hydroxyl groups is 1. The van der Waals surface area contributed by atoms with Gasteiger partial charge in [-0.25, -0.2) is 0 Å². The number of hydrogen-bond donors (Lipinski definition) is 2. The topological polar surface area (TPSA) is 52.6 Å². The molecule has 1 aliphatic heterocycles. The van der Waals surface area contributed by atoms with Gasteiger partial charge in [-0.1, -0.05) is 11.8 Å². The standard InChI is InChI=1S/C17H24N2O2S/c1-17(2,21)8-6-14-4-5-15(22-14)12-19-9-7-13(11-19)10-16(20)18-3/h4-5,13,21H,7,9-12H2,1-3H3,(H,18,20)/t13-/m1/s1. The van der Waals surface area contributed by atoms with Crippen molar-refractivity contribution < 1.29 is 9.90 Å². The summed E-state index contributed by atoms with van der Waals surface area (Å²) in [4.78, 5) is 16.1. The quantitative estimate of drug-likeness (QED) is 0.832. The minimum absolute atomic E-state index is 0.132. The third kappa shape index (κ3) is 5.45. The summed E-state index contributed by atoms with van der Waals surface area (Å²) in [7, 11) is 1.69. The van der Waals surface area contributed by atoms with Gasteiger partial charge in [-0.3, -0.25) is 9.69 Å². The molecule has 1 aliphatic rings. The maximum Gasteiger partial charge on any atom is 0.220 e. The van der Waals surface area contributed by atoms with Gasteiger partial charge in [0, 0.05) is 31.4 Å². The molecule has 120 valence electrons. The summed E-state index contributed by atoms with van der Waals surface area (Å²) in [5.41, 5.74) is -0.952. The van der Waals surface area contributed by atoms with Crippen LogP contribution in [0.5, 0.6) is 0 Å². The van der Waals surface area contributed by atoms with Gasteiger partial charge >= 0.3 is 0 Å². The van der Waals surface area contributed by atoms with Crippen molar-refractivity contribution in [1.29, 1.82) is 0 Å². The molecule has 4 nitrogen and oxygen atoms in total. The number of likely N-dealkylation sites (tertiary alicyclic amines) is 1. The Hall–Kier alpha value is -1.35. The van der Waals surface area contributed by atoms with E-state index >= 15 is 0 Å². The number of hydrogen-bond acceptors (Lipinski definition) is 4. The van der Waals surface area contributed by atoms with Crippen molar-refractivity contribution >= 4 is 17.2 Å². The molecule has 1 saturated heterocycles. The average molecular weight is 320 g/mol. The van der Waals surface area contributed by atoms with Crippen LogP contribution in [0.2, 0.25) is 0 Å². The number of carbonyl (C=O) groups is 1. The van der Waals surface area contributed by atoms with Crippen LogP contribution < -0.4 is 5.32 Å².